The molecule has 4 rings (SSSR count). The smallest absolute Gasteiger partial charge is 0.187 e. The summed E-state index contributed by atoms with van der Waals surface area (Å²) in [6.45, 7) is 4.28. The molecule has 0 aliphatic rings. The summed E-state index contributed by atoms with van der Waals surface area (Å²) in [5.74, 6) is 0. The Kier molecular flexibility index (Phi) is 7.96. The van der Waals surface area contributed by atoms with E-state index in [-0.39, 0.29) is 0 Å². The molecule has 3 aromatic heterocycles. The van der Waals surface area contributed by atoms with Crippen molar-refractivity contribution in [2.24, 2.45) is 0 Å². The Bertz CT molecular complexity index is 1100. The maximum atomic E-state index is 4.79. The van der Waals surface area contributed by atoms with Crippen LogP contribution in [0.5, 0.6) is 0 Å². The van der Waals surface area contributed by atoms with Crippen LogP contribution < -0.4 is 5.32 Å². The third-order valence-electron chi connectivity index (χ3n) is 5.34. The molecule has 0 atom stereocenters. The van der Waals surface area contributed by atoms with Gasteiger partial charge in [0.05, 0.1) is 22.5 Å². The highest BCUT2D eigenvalue weighted by Gasteiger charge is 2.15. The second kappa shape index (κ2) is 11.3. The minimum atomic E-state index is 0.793. The molecule has 5 nitrogen and oxygen atoms in total. The second-order valence-electron chi connectivity index (χ2n) is 7.90. The molecule has 0 saturated carbocycles. The van der Waals surface area contributed by atoms with E-state index in [1.54, 1.807) is 41.3 Å². The summed E-state index contributed by atoms with van der Waals surface area (Å²) in [6, 6.07) is 8.75. The Hall–Kier alpha value is -2.64. The fourth-order valence-corrected chi connectivity index (χ4v) is 5.36. The van der Waals surface area contributed by atoms with Crippen molar-refractivity contribution < 1.29 is 0 Å². The van der Waals surface area contributed by atoms with E-state index in [1.807, 2.05) is 6.92 Å². The zero-order valence-electron chi connectivity index (χ0n) is 18.7. The van der Waals surface area contributed by atoms with Crippen molar-refractivity contribution in [3.8, 4) is 21.3 Å². The molecule has 0 aliphatic heterocycles. The molecule has 0 unspecified atom stereocenters. The normalized spacial score (nSPS) is 11.1. The predicted octanol–water partition coefficient (Wildman–Crippen LogP) is 7.68. The molecule has 0 saturated heterocycles. The zero-order valence-corrected chi connectivity index (χ0v) is 20.3. The molecular formula is C25H29N5S2. The van der Waals surface area contributed by atoms with Gasteiger partial charge in [-0.25, -0.2) is 9.97 Å². The van der Waals surface area contributed by atoms with Crippen LogP contribution in [0.15, 0.2) is 48.2 Å². The number of thiazole rings is 2. The maximum Gasteiger partial charge on any atom is 0.187 e. The van der Waals surface area contributed by atoms with E-state index in [0.717, 1.165) is 44.2 Å². The topological polar surface area (TPSA) is 63.6 Å². The van der Waals surface area contributed by atoms with Crippen molar-refractivity contribution in [1.29, 1.82) is 0 Å². The van der Waals surface area contributed by atoms with Crippen molar-refractivity contribution in [3.63, 3.8) is 0 Å². The minimum absolute atomic E-state index is 0.793. The van der Waals surface area contributed by atoms with Gasteiger partial charge in [-0.15, -0.1) is 22.7 Å². The van der Waals surface area contributed by atoms with Crippen molar-refractivity contribution >= 4 is 33.5 Å². The quantitative estimate of drug-likeness (QED) is 0.231. The Labute approximate surface area is 198 Å². The standard InChI is InChI=1S/C25H29N5S2/c1-3-4-5-6-7-8-9-19-10-12-20(13-11-19)29-25-30-22(17-31-25)23-18(2)28-24(32-23)21-16-26-14-15-27-21/h10-17H,3-9H2,1-2H3,(H,29,30). The molecule has 7 heteroatoms. The highest BCUT2D eigenvalue weighted by molar-refractivity contribution is 7.19. The van der Waals surface area contributed by atoms with Gasteiger partial charge in [-0.3, -0.25) is 9.97 Å². The highest BCUT2D eigenvalue weighted by Crippen LogP contribution is 2.36. The van der Waals surface area contributed by atoms with Crippen molar-refractivity contribution in [2.75, 3.05) is 5.32 Å². The van der Waals surface area contributed by atoms with Crippen LogP contribution in [0.3, 0.4) is 0 Å². The van der Waals surface area contributed by atoms with Gasteiger partial charge in [0.15, 0.2) is 5.13 Å². The fraction of sp³-hybridized carbons (Fsp3) is 0.360. The summed E-state index contributed by atoms with van der Waals surface area (Å²) in [4.78, 5) is 19.0. The Morgan fingerprint density at radius 3 is 2.50 bits per heavy atom. The van der Waals surface area contributed by atoms with Crippen molar-refractivity contribution in [1.82, 2.24) is 19.9 Å². The van der Waals surface area contributed by atoms with Gasteiger partial charge in [-0.05, 0) is 37.5 Å². The number of benzene rings is 1. The summed E-state index contributed by atoms with van der Waals surface area (Å²) in [5, 5.41) is 7.27. The van der Waals surface area contributed by atoms with E-state index in [0.29, 0.717) is 0 Å². The zero-order chi connectivity index (χ0) is 22.2. The molecule has 1 aromatic carbocycles. The monoisotopic (exact) mass is 463 g/mol. The van der Waals surface area contributed by atoms with Gasteiger partial charge < -0.3 is 5.32 Å². The lowest BCUT2D eigenvalue weighted by Gasteiger charge is -2.05. The Balaban J connectivity index is 1.34. The summed E-state index contributed by atoms with van der Waals surface area (Å²) in [7, 11) is 0. The number of nitrogens with zero attached hydrogens (tertiary/aromatic N) is 4. The molecular weight excluding hydrogens is 434 g/mol. The summed E-state index contributed by atoms with van der Waals surface area (Å²) in [5.41, 5.74) is 5.18. The first kappa shape index (κ1) is 22.6. The summed E-state index contributed by atoms with van der Waals surface area (Å²) in [6.07, 6.45) is 14.3. The van der Waals surface area contributed by atoms with Gasteiger partial charge in [0.1, 0.15) is 10.7 Å². The summed E-state index contributed by atoms with van der Waals surface area (Å²) >= 11 is 3.21. The van der Waals surface area contributed by atoms with Crippen LogP contribution in [0.25, 0.3) is 21.3 Å². The third kappa shape index (κ3) is 5.99. The number of hydrogen-bond acceptors (Lipinski definition) is 7. The first-order chi connectivity index (χ1) is 15.7. The number of aryl methyl sites for hydroxylation is 2. The van der Waals surface area contributed by atoms with E-state index in [9.17, 15) is 0 Å². The van der Waals surface area contributed by atoms with Gasteiger partial charge in [0.2, 0.25) is 0 Å². The van der Waals surface area contributed by atoms with Crippen LogP contribution in [-0.2, 0) is 6.42 Å². The number of aromatic nitrogens is 4. The third-order valence-corrected chi connectivity index (χ3v) is 7.30. The van der Waals surface area contributed by atoms with Gasteiger partial charge >= 0.3 is 0 Å². The number of rotatable bonds is 11. The van der Waals surface area contributed by atoms with E-state index in [4.69, 9.17) is 4.98 Å². The van der Waals surface area contributed by atoms with Crippen LogP contribution in [0, 0.1) is 6.92 Å². The van der Waals surface area contributed by atoms with Gasteiger partial charge in [-0.1, -0.05) is 51.2 Å². The Morgan fingerprint density at radius 1 is 0.906 bits per heavy atom. The van der Waals surface area contributed by atoms with E-state index in [1.165, 1.54) is 44.1 Å². The molecule has 0 amide bonds. The molecule has 32 heavy (non-hydrogen) atoms. The van der Waals surface area contributed by atoms with Crippen molar-refractivity contribution in [2.45, 2.75) is 58.8 Å². The molecule has 0 aliphatic carbocycles. The molecule has 4 aromatic rings. The van der Waals surface area contributed by atoms with Gasteiger partial charge in [0.25, 0.3) is 0 Å². The maximum absolute atomic E-state index is 4.79. The van der Waals surface area contributed by atoms with Gasteiger partial charge in [-0.2, -0.15) is 0 Å². The first-order valence-electron chi connectivity index (χ1n) is 11.3. The molecule has 166 valence electrons. The fourth-order valence-electron chi connectivity index (χ4n) is 3.58. The molecule has 1 N–H and O–H groups in total. The lowest BCUT2D eigenvalue weighted by molar-refractivity contribution is 0.607. The second-order valence-corrected chi connectivity index (χ2v) is 9.76. The Morgan fingerprint density at radius 2 is 1.72 bits per heavy atom. The van der Waals surface area contributed by atoms with Crippen LogP contribution in [-0.4, -0.2) is 19.9 Å². The number of unbranched alkanes of at least 4 members (excludes halogenated alkanes) is 5. The van der Waals surface area contributed by atoms with Crippen LogP contribution in [0.4, 0.5) is 10.8 Å². The lowest BCUT2D eigenvalue weighted by atomic mass is 10.0. The van der Waals surface area contributed by atoms with E-state index >= 15 is 0 Å². The average molecular weight is 464 g/mol. The highest BCUT2D eigenvalue weighted by atomic mass is 32.1. The average Bonchev–Trinajstić information content (AvgIpc) is 3.44. The first-order valence-corrected chi connectivity index (χ1v) is 13.0. The van der Waals surface area contributed by atoms with Crippen LogP contribution in [0.1, 0.15) is 56.7 Å². The molecule has 3 heterocycles. The number of anilines is 2. The molecule has 0 bridgehead atoms. The lowest BCUT2D eigenvalue weighted by Crippen LogP contribution is -1.91. The predicted molar refractivity (Wildman–Crippen MR) is 136 cm³/mol. The number of hydrogen-bond donors (Lipinski definition) is 1. The van der Waals surface area contributed by atoms with Crippen molar-refractivity contribution in [3.05, 3.63) is 59.5 Å². The SMILES string of the molecule is CCCCCCCCc1ccc(Nc2nc(-c3sc(-c4cnccn4)nc3C)cs2)cc1. The number of nitrogens with one attached hydrogen (secondary N) is 1. The molecule has 0 radical (unpaired) electrons. The minimum Gasteiger partial charge on any atom is -0.332 e. The molecule has 0 spiro atoms. The van der Waals surface area contributed by atoms with Crippen LogP contribution in [0.2, 0.25) is 0 Å². The molecule has 0 fully saturated rings. The largest absolute Gasteiger partial charge is 0.332 e. The summed E-state index contributed by atoms with van der Waals surface area (Å²) < 4.78 is 0. The van der Waals surface area contributed by atoms with E-state index in [2.05, 4.69) is 56.8 Å². The van der Waals surface area contributed by atoms with Crippen LogP contribution >= 0.6 is 22.7 Å². The van der Waals surface area contributed by atoms with Gasteiger partial charge in [0, 0.05) is 23.5 Å². The van der Waals surface area contributed by atoms with E-state index < -0.39 is 0 Å².